The zero-order chi connectivity index (χ0) is 10.7. The number of ether oxygens (including phenoxy) is 1. The van der Waals surface area contributed by atoms with Crippen LogP contribution in [0.25, 0.3) is 10.6 Å². The first-order valence-corrected chi connectivity index (χ1v) is 5.68. The normalized spacial score (nSPS) is 10.5. The van der Waals surface area contributed by atoms with E-state index >= 15 is 0 Å². The van der Waals surface area contributed by atoms with Gasteiger partial charge in [0.15, 0.2) is 0 Å². The van der Waals surface area contributed by atoms with Crippen LogP contribution in [0.2, 0.25) is 0 Å². The molecular formula is C12H13NOS. The number of aryl methyl sites for hydroxylation is 1. The molecule has 0 atom stereocenters. The fourth-order valence-corrected chi connectivity index (χ4v) is 2.16. The smallest absolute Gasteiger partial charge is 0.123 e. The van der Waals surface area contributed by atoms with Crippen molar-refractivity contribution in [2.75, 3.05) is 7.11 Å². The minimum absolute atomic E-state index is 0.586. The summed E-state index contributed by atoms with van der Waals surface area (Å²) in [6.45, 7) is 2.67. The number of hydrogen-bond donors (Lipinski definition) is 0. The summed E-state index contributed by atoms with van der Waals surface area (Å²) in [5.41, 5.74) is 3.44. The van der Waals surface area contributed by atoms with Gasteiger partial charge in [0.05, 0.1) is 12.3 Å². The molecule has 3 heteroatoms. The van der Waals surface area contributed by atoms with Gasteiger partial charge in [0.1, 0.15) is 5.01 Å². The van der Waals surface area contributed by atoms with Crippen molar-refractivity contribution in [1.29, 1.82) is 0 Å². The number of thiazole rings is 1. The highest BCUT2D eigenvalue weighted by atomic mass is 32.1. The molecular weight excluding hydrogens is 206 g/mol. The van der Waals surface area contributed by atoms with Crippen molar-refractivity contribution in [3.05, 3.63) is 40.9 Å². The molecule has 0 amide bonds. The first-order chi connectivity index (χ1) is 7.29. The Kier molecular flexibility index (Phi) is 3.14. The number of rotatable bonds is 3. The van der Waals surface area contributed by atoms with Crippen LogP contribution in [0.4, 0.5) is 0 Å². The minimum atomic E-state index is 0.586. The van der Waals surface area contributed by atoms with E-state index in [1.807, 2.05) is 5.38 Å². The molecule has 0 saturated heterocycles. The Bertz CT molecular complexity index is 433. The van der Waals surface area contributed by atoms with Gasteiger partial charge in [0, 0.05) is 18.1 Å². The van der Waals surface area contributed by atoms with Crippen LogP contribution in [-0.4, -0.2) is 12.1 Å². The van der Waals surface area contributed by atoms with E-state index in [4.69, 9.17) is 4.74 Å². The summed E-state index contributed by atoms with van der Waals surface area (Å²) in [5.74, 6) is 0. The summed E-state index contributed by atoms with van der Waals surface area (Å²) < 4.78 is 5.04. The second-order valence-corrected chi connectivity index (χ2v) is 4.30. The Hall–Kier alpha value is -1.19. The third-order valence-electron chi connectivity index (χ3n) is 2.14. The van der Waals surface area contributed by atoms with Gasteiger partial charge in [-0.1, -0.05) is 29.8 Å². The van der Waals surface area contributed by atoms with Crippen molar-refractivity contribution in [1.82, 2.24) is 4.98 Å². The van der Waals surface area contributed by atoms with Crippen molar-refractivity contribution >= 4 is 11.3 Å². The highest BCUT2D eigenvalue weighted by Gasteiger charge is 2.03. The van der Waals surface area contributed by atoms with Crippen molar-refractivity contribution in [3.8, 4) is 10.6 Å². The molecule has 1 heterocycles. The number of nitrogens with zero attached hydrogens (tertiary/aromatic N) is 1. The number of benzene rings is 1. The lowest BCUT2D eigenvalue weighted by molar-refractivity contribution is 0.182. The van der Waals surface area contributed by atoms with Crippen molar-refractivity contribution in [2.24, 2.45) is 0 Å². The molecule has 0 aliphatic carbocycles. The predicted octanol–water partition coefficient (Wildman–Crippen LogP) is 3.26. The predicted molar refractivity (Wildman–Crippen MR) is 63.0 cm³/mol. The largest absolute Gasteiger partial charge is 0.378 e. The van der Waals surface area contributed by atoms with Gasteiger partial charge in [0.2, 0.25) is 0 Å². The maximum atomic E-state index is 5.04. The molecule has 0 N–H and O–H groups in total. The molecule has 2 nitrogen and oxygen atoms in total. The van der Waals surface area contributed by atoms with Crippen molar-refractivity contribution < 1.29 is 4.74 Å². The fourth-order valence-electron chi connectivity index (χ4n) is 1.35. The first-order valence-electron chi connectivity index (χ1n) is 4.80. The van der Waals surface area contributed by atoms with E-state index in [1.54, 1.807) is 18.4 Å². The summed E-state index contributed by atoms with van der Waals surface area (Å²) in [4.78, 5) is 4.49. The van der Waals surface area contributed by atoms with Crippen LogP contribution >= 0.6 is 11.3 Å². The van der Waals surface area contributed by atoms with Crippen LogP contribution < -0.4 is 0 Å². The highest BCUT2D eigenvalue weighted by Crippen LogP contribution is 2.24. The van der Waals surface area contributed by atoms with Gasteiger partial charge < -0.3 is 4.74 Å². The van der Waals surface area contributed by atoms with E-state index < -0.39 is 0 Å². The molecule has 1 aromatic heterocycles. The second kappa shape index (κ2) is 4.55. The molecule has 2 aromatic rings. The Labute approximate surface area is 93.6 Å². The second-order valence-electron chi connectivity index (χ2n) is 3.44. The van der Waals surface area contributed by atoms with Crippen molar-refractivity contribution in [2.45, 2.75) is 13.5 Å². The molecule has 1 aromatic carbocycles. The Morgan fingerprint density at radius 3 is 2.67 bits per heavy atom. The lowest BCUT2D eigenvalue weighted by Crippen LogP contribution is -1.86. The van der Waals surface area contributed by atoms with E-state index in [-0.39, 0.29) is 0 Å². The Morgan fingerprint density at radius 2 is 2.00 bits per heavy atom. The minimum Gasteiger partial charge on any atom is -0.378 e. The third-order valence-corrected chi connectivity index (χ3v) is 3.08. The van der Waals surface area contributed by atoms with Crippen LogP contribution in [0.5, 0.6) is 0 Å². The van der Waals surface area contributed by atoms with E-state index in [0.717, 1.165) is 10.7 Å². The molecule has 78 valence electrons. The van der Waals surface area contributed by atoms with Gasteiger partial charge in [-0.15, -0.1) is 11.3 Å². The highest BCUT2D eigenvalue weighted by molar-refractivity contribution is 7.13. The van der Waals surface area contributed by atoms with Crippen LogP contribution in [0.1, 0.15) is 11.3 Å². The Balaban J connectivity index is 2.25. The zero-order valence-corrected chi connectivity index (χ0v) is 9.67. The molecule has 2 rings (SSSR count). The SMILES string of the molecule is COCc1csc(-c2ccc(C)cc2)n1. The number of hydrogen-bond acceptors (Lipinski definition) is 3. The average molecular weight is 219 g/mol. The molecule has 15 heavy (non-hydrogen) atoms. The van der Waals surface area contributed by atoms with Gasteiger partial charge >= 0.3 is 0 Å². The topological polar surface area (TPSA) is 22.1 Å². The molecule has 0 bridgehead atoms. The summed E-state index contributed by atoms with van der Waals surface area (Å²) in [6.07, 6.45) is 0. The average Bonchev–Trinajstić information content (AvgIpc) is 2.68. The summed E-state index contributed by atoms with van der Waals surface area (Å²) in [6, 6.07) is 8.41. The quantitative estimate of drug-likeness (QED) is 0.790. The third kappa shape index (κ3) is 2.43. The zero-order valence-electron chi connectivity index (χ0n) is 8.86. The van der Waals surface area contributed by atoms with Gasteiger partial charge in [-0.05, 0) is 6.92 Å². The Morgan fingerprint density at radius 1 is 1.27 bits per heavy atom. The van der Waals surface area contributed by atoms with E-state index in [0.29, 0.717) is 6.61 Å². The van der Waals surface area contributed by atoms with E-state index in [2.05, 4.69) is 36.2 Å². The van der Waals surface area contributed by atoms with Crippen molar-refractivity contribution in [3.63, 3.8) is 0 Å². The molecule has 0 fully saturated rings. The molecule has 0 spiro atoms. The number of methoxy groups -OCH3 is 1. The molecule has 0 aliphatic heterocycles. The van der Waals surface area contributed by atoms with Gasteiger partial charge in [-0.3, -0.25) is 0 Å². The van der Waals surface area contributed by atoms with Crippen LogP contribution in [0.3, 0.4) is 0 Å². The maximum Gasteiger partial charge on any atom is 0.123 e. The maximum absolute atomic E-state index is 5.04. The monoisotopic (exact) mass is 219 g/mol. The molecule has 0 radical (unpaired) electrons. The molecule has 0 saturated carbocycles. The lowest BCUT2D eigenvalue weighted by Gasteiger charge is -1.96. The van der Waals surface area contributed by atoms with E-state index in [9.17, 15) is 0 Å². The van der Waals surface area contributed by atoms with Crippen LogP contribution in [0, 0.1) is 6.92 Å². The first kappa shape index (κ1) is 10.3. The fraction of sp³-hybridized carbons (Fsp3) is 0.250. The summed E-state index contributed by atoms with van der Waals surface area (Å²) in [7, 11) is 1.69. The van der Waals surface area contributed by atoms with Gasteiger partial charge in [-0.25, -0.2) is 4.98 Å². The summed E-state index contributed by atoms with van der Waals surface area (Å²) in [5, 5.41) is 3.10. The number of aromatic nitrogens is 1. The van der Waals surface area contributed by atoms with Gasteiger partial charge in [0.25, 0.3) is 0 Å². The molecule has 0 aliphatic rings. The lowest BCUT2D eigenvalue weighted by atomic mass is 10.2. The van der Waals surface area contributed by atoms with Gasteiger partial charge in [-0.2, -0.15) is 0 Å². The summed E-state index contributed by atoms with van der Waals surface area (Å²) >= 11 is 1.66. The standard InChI is InChI=1S/C12H13NOS/c1-9-3-5-10(6-4-9)12-13-11(7-14-2)8-15-12/h3-6,8H,7H2,1-2H3. The molecule has 0 unspecified atom stereocenters. The van der Waals surface area contributed by atoms with Crippen LogP contribution in [-0.2, 0) is 11.3 Å². The van der Waals surface area contributed by atoms with E-state index in [1.165, 1.54) is 11.1 Å². The van der Waals surface area contributed by atoms with Crippen LogP contribution in [0.15, 0.2) is 29.6 Å².